The van der Waals surface area contributed by atoms with E-state index in [-0.39, 0.29) is 5.95 Å². The van der Waals surface area contributed by atoms with Gasteiger partial charge >= 0.3 is 0 Å². The maximum Gasteiger partial charge on any atom is 0.225 e. The predicted molar refractivity (Wildman–Crippen MR) is 63.6 cm³/mol. The van der Waals surface area contributed by atoms with E-state index < -0.39 is 0 Å². The standard InChI is InChI=1S/C11H18N4O/c1-3-15(7-8-4-5-8)9-6-10(16-2)14-11(12)13-9/h6,8H,3-5,7H2,1-2H3,(H2,12,13,14). The fourth-order valence-corrected chi connectivity index (χ4v) is 1.69. The summed E-state index contributed by atoms with van der Waals surface area (Å²) in [6.45, 7) is 4.10. The second-order valence-electron chi connectivity index (χ2n) is 4.11. The van der Waals surface area contributed by atoms with Gasteiger partial charge in [0.1, 0.15) is 5.82 Å². The minimum atomic E-state index is 0.267. The van der Waals surface area contributed by atoms with E-state index in [0.29, 0.717) is 5.88 Å². The summed E-state index contributed by atoms with van der Waals surface area (Å²) in [6.07, 6.45) is 2.66. The van der Waals surface area contributed by atoms with Crippen LogP contribution in [-0.2, 0) is 0 Å². The van der Waals surface area contributed by atoms with Crippen molar-refractivity contribution >= 4 is 11.8 Å². The Labute approximate surface area is 95.6 Å². The molecule has 0 atom stereocenters. The molecule has 0 aliphatic heterocycles. The topological polar surface area (TPSA) is 64.3 Å². The number of aromatic nitrogens is 2. The van der Waals surface area contributed by atoms with Crippen LogP contribution in [0.4, 0.5) is 11.8 Å². The zero-order valence-electron chi connectivity index (χ0n) is 9.81. The highest BCUT2D eigenvalue weighted by molar-refractivity contribution is 5.45. The summed E-state index contributed by atoms with van der Waals surface area (Å²) in [5.41, 5.74) is 5.65. The molecule has 0 saturated heterocycles. The first kappa shape index (κ1) is 11.0. The fourth-order valence-electron chi connectivity index (χ4n) is 1.69. The lowest BCUT2D eigenvalue weighted by Crippen LogP contribution is -2.26. The van der Waals surface area contributed by atoms with Gasteiger partial charge in [0.25, 0.3) is 0 Å². The number of nitrogen functional groups attached to an aromatic ring is 1. The Kier molecular flexibility index (Phi) is 3.12. The molecule has 0 bridgehead atoms. The SMILES string of the molecule is CCN(CC1CC1)c1cc(OC)nc(N)n1. The molecular formula is C11H18N4O. The van der Waals surface area contributed by atoms with Crippen LogP contribution in [0.5, 0.6) is 5.88 Å². The van der Waals surface area contributed by atoms with E-state index in [4.69, 9.17) is 10.5 Å². The van der Waals surface area contributed by atoms with Gasteiger partial charge in [0.2, 0.25) is 11.8 Å². The van der Waals surface area contributed by atoms with Crippen LogP contribution in [0.15, 0.2) is 6.07 Å². The highest BCUT2D eigenvalue weighted by Gasteiger charge is 2.24. The maximum atomic E-state index is 5.65. The number of nitrogens with two attached hydrogens (primary N) is 1. The van der Waals surface area contributed by atoms with E-state index in [0.717, 1.165) is 24.8 Å². The molecule has 1 aromatic rings. The summed E-state index contributed by atoms with van der Waals surface area (Å²) in [7, 11) is 1.59. The first-order valence-corrected chi connectivity index (χ1v) is 5.66. The monoisotopic (exact) mass is 222 g/mol. The quantitative estimate of drug-likeness (QED) is 0.813. The highest BCUT2D eigenvalue weighted by atomic mass is 16.5. The number of hydrogen-bond donors (Lipinski definition) is 1. The Balaban J connectivity index is 2.17. The van der Waals surface area contributed by atoms with E-state index in [9.17, 15) is 0 Å². The lowest BCUT2D eigenvalue weighted by molar-refractivity contribution is 0.397. The van der Waals surface area contributed by atoms with Crippen molar-refractivity contribution in [3.05, 3.63) is 6.07 Å². The summed E-state index contributed by atoms with van der Waals surface area (Å²) in [5, 5.41) is 0. The van der Waals surface area contributed by atoms with E-state index >= 15 is 0 Å². The molecule has 16 heavy (non-hydrogen) atoms. The lowest BCUT2D eigenvalue weighted by atomic mass is 10.3. The molecular weight excluding hydrogens is 204 g/mol. The van der Waals surface area contributed by atoms with Crippen LogP contribution in [0.3, 0.4) is 0 Å². The van der Waals surface area contributed by atoms with Gasteiger partial charge in [-0.2, -0.15) is 9.97 Å². The number of ether oxygens (including phenoxy) is 1. The van der Waals surface area contributed by atoms with Crippen molar-refractivity contribution in [2.75, 3.05) is 30.8 Å². The molecule has 0 radical (unpaired) electrons. The van der Waals surface area contributed by atoms with E-state index in [1.165, 1.54) is 12.8 Å². The fraction of sp³-hybridized carbons (Fsp3) is 0.636. The van der Waals surface area contributed by atoms with E-state index in [2.05, 4.69) is 21.8 Å². The number of methoxy groups -OCH3 is 1. The second-order valence-corrected chi connectivity index (χ2v) is 4.11. The third-order valence-electron chi connectivity index (χ3n) is 2.80. The zero-order valence-corrected chi connectivity index (χ0v) is 9.81. The van der Waals surface area contributed by atoms with Crippen molar-refractivity contribution in [2.45, 2.75) is 19.8 Å². The van der Waals surface area contributed by atoms with Crippen LogP contribution >= 0.6 is 0 Å². The van der Waals surface area contributed by atoms with Crippen LogP contribution in [0, 0.1) is 5.92 Å². The van der Waals surface area contributed by atoms with Crippen LogP contribution in [0.1, 0.15) is 19.8 Å². The molecule has 1 aromatic heterocycles. The van der Waals surface area contributed by atoms with Gasteiger partial charge in [-0.1, -0.05) is 0 Å². The Hall–Kier alpha value is -1.52. The normalized spacial score (nSPS) is 14.9. The van der Waals surface area contributed by atoms with Crippen LogP contribution in [0.2, 0.25) is 0 Å². The van der Waals surface area contributed by atoms with Crippen molar-refractivity contribution in [1.29, 1.82) is 0 Å². The van der Waals surface area contributed by atoms with Crippen molar-refractivity contribution in [1.82, 2.24) is 9.97 Å². The summed E-state index contributed by atoms with van der Waals surface area (Å²) in [4.78, 5) is 10.4. The largest absolute Gasteiger partial charge is 0.481 e. The Morgan fingerprint density at radius 2 is 2.25 bits per heavy atom. The minimum Gasteiger partial charge on any atom is -0.481 e. The first-order chi connectivity index (χ1) is 7.72. The Morgan fingerprint density at radius 3 is 2.81 bits per heavy atom. The van der Waals surface area contributed by atoms with Crippen molar-refractivity contribution in [3.63, 3.8) is 0 Å². The molecule has 1 fully saturated rings. The van der Waals surface area contributed by atoms with Gasteiger partial charge < -0.3 is 15.4 Å². The van der Waals surface area contributed by atoms with Gasteiger partial charge in [0.05, 0.1) is 7.11 Å². The average Bonchev–Trinajstić information content (AvgIpc) is 3.08. The van der Waals surface area contributed by atoms with Gasteiger partial charge in [-0.25, -0.2) is 0 Å². The number of nitrogens with zero attached hydrogens (tertiary/aromatic N) is 3. The van der Waals surface area contributed by atoms with Gasteiger partial charge in [-0.05, 0) is 25.7 Å². The molecule has 0 amide bonds. The van der Waals surface area contributed by atoms with E-state index in [1.54, 1.807) is 7.11 Å². The highest BCUT2D eigenvalue weighted by Crippen LogP contribution is 2.31. The van der Waals surface area contributed by atoms with Crippen molar-refractivity contribution in [2.24, 2.45) is 5.92 Å². The molecule has 5 nitrogen and oxygen atoms in total. The molecule has 88 valence electrons. The molecule has 1 aliphatic rings. The Bertz CT molecular complexity index is 365. The number of hydrogen-bond acceptors (Lipinski definition) is 5. The minimum absolute atomic E-state index is 0.267. The smallest absolute Gasteiger partial charge is 0.225 e. The van der Waals surface area contributed by atoms with Crippen molar-refractivity contribution < 1.29 is 4.74 Å². The van der Waals surface area contributed by atoms with Crippen molar-refractivity contribution in [3.8, 4) is 5.88 Å². The summed E-state index contributed by atoms with van der Waals surface area (Å²) < 4.78 is 5.09. The van der Waals surface area contributed by atoms with E-state index in [1.807, 2.05) is 6.07 Å². The average molecular weight is 222 g/mol. The molecule has 1 heterocycles. The zero-order chi connectivity index (χ0) is 11.5. The van der Waals surface area contributed by atoms with Gasteiger partial charge in [0.15, 0.2) is 0 Å². The first-order valence-electron chi connectivity index (χ1n) is 5.66. The maximum absolute atomic E-state index is 5.65. The van der Waals surface area contributed by atoms with Gasteiger partial charge in [-0.15, -0.1) is 0 Å². The molecule has 0 spiro atoms. The molecule has 0 unspecified atom stereocenters. The molecule has 1 saturated carbocycles. The third-order valence-corrected chi connectivity index (χ3v) is 2.80. The van der Waals surface area contributed by atoms with Crippen LogP contribution in [-0.4, -0.2) is 30.2 Å². The Morgan fingerprint density at radius 1 is 1.50 bits per heavy atom. The molecule has 5 heteroatoms. The molecule has 2 N–H and O–H groups in total. The van der Waals surface area contributed by atoms with Gasteiger partial charge in [-0.3, -0.25) is 0 Å². The lowest BCUT2D eigenvalue weighted by Gasteiger charge is -2.22. The molecule has 2 rings (SSSR count). The number of rotatable bonds is 5. The predicted octanol–water partition coefficient (Wildman–Crippen LogP) is 1.30. The van der Waals surface area contributed by atoms with Crippen LogP contribution < -0.4 is 15.4 Å². The van der Waals surface area contributed by atoms with Crippen LogP contribution in [0.25, 0.3) is 0 Å². The molecule has 0 aromatic carbocycles. The second kappa shape index (κ2) is 4.55. The summed E-state index contributed by atoms with van der Waals surface area (Å²) >= 11 is 0. The summed E-state index contributed by atoms with van der Waals surface area (Å²) in [5.74, 6) is 2.47. The molecule has 1 aliphatic carbocycles. The number of anilines is 2. The third kappa shape index (κ3) is 2.53. The summed E-state index contributed by atoms with van der Waals surface area (Å²) in [6, 6.07) is 1.84. The van der Waals surface area contributed by atoms with Gasteiger partial charge in [0, 0.05) is 19.2 Å².